The summed E-state index contributed by atoms with van der Waals surface area (Å²) in [6.07, 6.45) is 0.878. The van der Waals surface area contributed by atoms with Crippen molar-refractivity contribution in [2.45, 2.75) is 12.8 Å². The van der Waals surface area contributed by atoms with Crippen LogP contribution < -0.4 is 15.0 Å². The number of nitrogens with one attached hydrogen (secondary N) is 1. The lowest BCUT2D eigenvalue weighted by Crippen LogP contribution is -2.47. The number of ether oxygens (including phenoxy) is 1. The fraction of sp³-hybridized carbons (Fsp3) is 0.409. The number of amides is 1. The topological polar surface area (TPSA) is 88.0 Å². The van der Waals surface area contributed by atoms with Gasteiger partial charge in [0.2, 0.25) is 5.91 Å². The highest BCUT2D eigenvalue weighted by molar-refractivity contribution is 5.79. The first kappa shape index (κ1) is 21.6. The Morgan fingerprint density at radius 1 is 1.10 bits per heavy atom. The first-order valence-electron chi connectivity index (χ1n) is 10.2. The van der Waals surface area contributed by atoms with E-state index < -0.39 is 4.92 Å². The SMILES string of the molecule is COc1ccc(N2CCN(CCCNC(=O)Cc3ccccc3[N+](=O)[O-])CC2)cc1. The van der Waals surface area contributed by atoms with E-state index in [-0.39, 0.29) is 18.0 Å². The molecule has 0 atom stereocenters. The van der Waals surface area contributed by atoms with Crippen LogP contribution in [0.15, 0.2) is 48.5 Å². The number of piperazine rings is 1. The molecule has 0 aromatic heterocycles. The van der Waals surface area contributed by atoms with Gasteiger partial charge in [-0.1, -0.05) is 18.2 Å². The van der Waals surface area contributed by atoms with E-state index in [9.17, 15) is 14.9 Å². The summed E-state index contributed by atoms with van der Waals surface area (Å²) in [5.41, 5.74) is 1.63. The van der Waals surface area contributed by atoms with Crippen LogP contribution in [0.4, 0.5) is 11.4 Å². The van der Waals surface area contributed by atoms with E-state index in [2.05, 4.69) is 27.2 Å². The summed E-state index contributed by atoms with van der Waals surface area (Å²) in [6.45, 7) is 5.39. The number of para-hydroxylation sites is 1. The summed E-state index contributed by atoms with van der Waals surface area (Å²) in [5, 5.41) is 13.9. The number of anilines is 1. The Morgan fingerprint density at radius 3 is 2.47 bits per heavy atom. The highest BCUT2D eigenvalue weighted by atomic mass is 16.6. The van der Waals surface area contributed by atoms with Crippen LogP contribution in [0.5, 0.6) is 5.75 Å². The fourth-order valence-electron chi connectivity index (χ4n) is 3.63. The molecule has 1 aliphatic rings. The first-order valence-corrected chi connectivity index (χ1v) is 10.2. The van der Waals surface area contributed by atoms with Crippen molar-refractivity contribution in [3.8, 4) is 5.75 Å². The van der Waals surface area contributed by atoms with Gasteiger partial charge in [-0.25, -0.2) is 0 Å². The lowest BCUT2D eigenvalue weighted by molar-refractivity contribution is -0.385. The second-order valence-corrected chi connectivity index (χ2v) is 7.29. The van der Waals surface area contributed by atoms with Gasteiger partial charge in [0.25, 0.3) is 5.69 Å². The molecule has 1 N–H and O–H groups in total. The minimum Gasteiger partial charge on any atom is -0.497 e. The number of nitro benzene ring substituents is 1. The van der Waals surface area contributed by atoms with Crippen molar-refractivity contribution >= 4 is 17.3 Å². The maximum Gasteiger partial charge on any atom is 0.273 e. The van der Waals surface area contributed by atoms with Crippen LogP contribution in [0.25, 0.3) is 0 Å². The third-order valence-electron chi connectivity index (χ3n) is 5.32. The van der Waals surface area contributed by atoms with Gasteiger partial charge in [0.15, 0.2) is 0 Å². The summed E-state index contributed by atoms with van der Waals surface area (Å²) in [5.74, 6) is 0.676. The molecule has 1 fully saturated rings. The third-order valence-corrected chi connectivity index (χ3v) is 5.32. The van der Waals surface area contributed by atoms with Crippen LogP contribution in [-0.2, 0) is 11.2 Å². The number of carbonyl (C=O) groups excluding carboxylic acids is 1. The van der Waals surface area contributed by atoms with Gasteiger partial charge >= 0.3 is 0 Å². The molecule has 1 heterocycles. The Hall–Kier alpha value is -3.13. The highest BCUT2D eigenvalue weighted by Gasteiger charge is 2.18. The summed E-state index contributed by atoms with van der Waals surface area (Å²) in [7, 11) is 1.67. The van der Waals surface area contributed by atoms with Crippen LogP contribution in [0.3, 0.4) is 0 Å². The number of methoxy groups -OCH3 is 1. The molecule has 30 heavy (non-hydrogen) atoms. The number of rotatable bonds is 9. The van der Waals surface area contributed by atoms with Gasteiger partial charge in [0.05, 0.1) is 18.5 Å². The molecule has 0 spiro atoms. The molecule has 3 rings (SSSR count). The monoisotopic (exact) mass is 412 g/mol. The number of hydrogen-bond acceptors (Lipinski definition) is 6. The maximum atomic E-state index is 12.1. The molecule has 1 saturated heterocycles. The van der Waals surface area contributed by atoms with Crippen molar-refractivity contribution in [3.05, 3.63) is 64.2 Å². The van der Waals surface area contributed by atoms with Crippen LogP contribution in [-0.4, -0.2) is 62.1 Å². The van der Waals surface area contributed by atoms with Gasteiger partial charge in [-0.3, -0.25) is 19.8 Å². The van der Waals surface area contributed by atoms with E-state index in [1.807, 2.05) is 12.1 Å². The van der Waals surface area contributed by atoms with Crippen molar-refractivity contribution in [2.24, 2.45) is 0 Å². The molecule has 1 aliphatic heterocycles. The van der Waals surface area contributed by atoms with Gasteiger partial charge in [0.1, 0.15) is 5.75 Å². The summed E-state index contributed by atoms with van der Waals surface area (Å²) < 4.78 is 5.21. The van der Waals surface area contributed by atoms with Crippen LogP contribution in [0.2, 0.25) is 0 Å². The van der Waals surface area contributed by atoms with Crippen molar-refractivity contribution in [1.29, 1.82) is 0 Å². The molecular formula is C22H28N4O4. The predicted molar refractivity (Wildman–Crippen MR) is 116 cm³/mol. The third kappa shape index (κ3) is 5.93. The molecule has 2 aromatic carbocycles. The highest BCUT2D eigenvalue weighted by Crippen LogP contribution is 2.20. The lowest BCUT2D eigenvalue weighted by Gasteiger charge is -2.36. The molecule has 8 nitrogen and oxygen atoms in total. The largest absolute Gasteiger partial charge is 0.497 e. The number of nitrogens with zero attached hydrogens (tertiary/aromatic N) is 3. The Balaban J connectivity index is 1.34. The van der Waals surface area contributed by atoms with Crippen molar-refractivity contribution in [1.82, 2.24) is 10.2 Å². The predicted octanol–water partition coefficient (Wildman–Crippen LogP) is 2.47. The van der Waals surface area contributed by atoms with Gasteiger partial charge in [-0.2, -0.15) is 0 Å². The second-order valence-electron chi connectivity index (χ2n) is 7.29. The van der Waals surface area contributed by atoms with E-state index in [0.29, 0.717) is 12.1 Å². The summed E-state index contributed by atoms with van der Waals surface area (Å²) >= 11 is 0. The Labute approximate surface area is 176 Å². The Morgan fingerprint density at radius 2 is 1.80 bits per heavy atom. The van der Waals surface area contributed by atoms with Gasteiger partial charge < -0.3 is 15.0 Å². The first-order chi connectivity index (χ1) is 14.6. The van der Waals surface area contributed by atoms with E-state index in [0.717, 1.165) is 44.9 Å². The van der Waals surface area contributed by atoms with Crippen molar-refractivity contribution < 1.29 is 14.5 Å². The van der Waals surface area contributed by atoms with E-state index in [1.54, 1.807) is 25.3 Å². The van der Waals surface area contributed by atoms with Crippen molar-refractivity contribution in [2.75, 3.05) is 51.3 Å². The summed E-state index contributed by atoms with van der Waals surface area (Å²) in [6, 6.07) is 14.5. The Bertz CT molecular complexity index is 848. The zero-order chi connectivity index (χ0) is 21.3. The molecule has 160 valence electrons. The molecule has 0 aliphatic carbocycles. The van der Waals surface area contributed by atoms with Gasteiger partial charge in [0, 0.05) is 50.0 Å². The molecular weight excluding hydrogens is 384 g/mol. The average Bonchev–Trinajstić information content (AvgIpc) is 2.77. The molecule has 2 aromatic rings. The van der Waals surface area contributed by atoms with E-state index in [1.165, 1.54) is 11.8 Å². The Kier molecular flexibility index (Phi) is 7.62. The fourth-order valence-corrected chi connectivity index (χ4v) is 3.63. The average molecular weight is 412 g/mol. The quantitative estimate of drug-likeness (QED) is 0.387. The van der Waals surface area contributed by atoms with Gasteiger partial charge in [-0.15, -0.1) is 0 Å². The molecule has 0 unspecified atom stereocenters. The number of hydrogen-bond donors (Lipinski definition) is 1. The van der Waals surface area contributed by atoms with E-state index in [4.69, 9.17) is 4.74 Å². The molecule has 0 bridgehead atoms. The van der Waals surface area contributed by atoms with Crippen LogP contribution >= 0.6 is 0 Å². The maximum absolute atomic E-state index is 12.1. The molecule has 8 heteroatoms. The number of nitro groups is 1. The number of benzene rings is 2. The summed E-state index contributed by atoms with van der Waals surface area (Å²) in [4.78, 5) is 27.5. The molecule has 1 amide bonds. The van der Waals surface area contributed by atoms with Crippen LogP contribution in [0.1, 0.15) is 12.0 Å². The minimum atomic E-state index is -0.450. The molecule has 0 radical (unpaired) electrons. The minimum absolute atomic E-state index is 0.0117. The van der Waals surface area contributed by atoms with E-state index >= 15 is 0 Å². The van der Waals surface area contributed by atoms with Gasteiger partial charge in [-0.05, 0) is 37.2 Å². The normalized spacial score (nSPS) is 14.4. The zero-order valence-corrected chi connectivity index (χ0v) is 17.3. The second kappa shape index (κ2) is 10.6. The van der Waals surface area contributed by atoms with Crippen molar-refractivity contribution in [3.63, 3.8) is 0 Å². The standard InChI is InChI=1S/C22H28N4O4/c1-30-20-9-7-19(8-10-20)25-15-13-24(14-16-25)12-4-11-23-22(27)17-18-5-2-3-6-21(18)26(28)29/h2-3,5-10H,4,11-17H2,1H3,(H,23,27). The lowest BCUT2D eigenvalue weighted by atomic mass is 10.1. The number of carbonyl (C=O) groups is 1. The zero-order valence-electron chi connectivity index (χ0n) is 17.3. The van der Waals surface area contributed by atoms with Crippen LogP contribution in [0, 0.1) is 10.1 Å². The smallest absolute Gasteiger partial charge is 0.273 e. The molecule has 0 saturated carbocycles.